The lowest BCUT2D eigenvalue weighted by molar-refractivity contribution is -0.119. The maximum absolute atomic E-state index is 11.8. The van der Waals surface area contributed by atoms with Gasteiger partial charge in [0.1, 0.15) is 5.78 Å². The number of aromatic nitrogens is 2. The molecule has 0 bridgehead atoms. The first-order valence-corrected chi connectivity index (χ1v) is 7.93. The molecule has 0 spiro atoms. The van der Waals surface area contributed by atoms with Crippen molar-refractivity contribution in [1.29, 1.82) is 0 Å². The van der Waals surface area contributed by atoms with Crippen molar-refractivity contribution in [3.05, 3.63) is 18.0 Å². The van der Waals surface area contributed by atoms with E-state index in [1.54, 1.807) is 0 Å². The van der Waals surface area contributed by atoms with Crippen molar-refractivity contribution in [1.82, 2.24) is 9.78 Å². The molecule has 4 heteroatoms. The summed E-state index contributed by atoms with van der Waals surface area (Å²) in [6.07, 6.45) is 10.4. The number of carbonyl (C=O) groups excluding carboxylic acids is 1. The minimum atomic E-state index is 0.218. The van der Waals surface area contributed by atoms with Crippen LogP contribution in [0, 0.1) is 0 Å². The second kappa shape index (κ2) is 8.20. The molecule has 0 atom stereocenters. The van der Waals surface area contributed by atoms with Crippen molar-refractivity contribution in [2.24, 2.45) is 0 Å². The van der Waals surface area contributed by atoms with Crippen molar-refractivity contribution in [3.63, 3.8) is 0 Å². The van der Waals surface area contributed by atoms with Crippen LogP contribution in [0.4, 0.5) is 0 Å². The molecule has 112 valence electrons. The van der Waals surface area contributed by atoms with Crippen LogP contribution >= 0.6 is 0 Å². The smallest absolute Gasteiger partial charge is 0.141 e. The lowest BCUT2D eigenvalue weighted by Crippen LogP contribution is -2.14. The zero-order valence-corrected chi connectivity index (χ0v) is 12.5. The van der Waals surface area contributed by atoms with E-state index >= 15 is 0 Å². The highest BCUT2D eigenvalue weighted by Gasteiger charge is 2.16. The van der Waals surface area contributed by atoms with Gasteiger partial charge >= 0.3 is 0 Å². The van der Waals surface area contributed by atoms with Gasteiger partial charge in [0.25, 0.3) is 0 Å². The molecule has 4 nitrogen and oxygen atoms in total. The molecule has 1 aliphatic carbocycles. The molecular weight excluding hydrogens is 252 g/mol. The third-order valence-electron chi connectivity index (χ3n) is 3.86. The molecule has 2 rings (SSSR count). The number of ketones is 1. The summed E-state index contributed by atoms with van der Waals surface area (Å²) in [6, 6.07) is 2.53. The molecule has 1 aromatic rings. The second-order valence-corrected chi connectivity index (χ2v) is 5.66. The third-order valence-corrected chi connectivity index (χ3v) is 3.86. The summed E-state index contributed by atoms with van der Waals surface area (Å²) in [5.74, 6) is 0.218. The molecule has 0 aromatic carbocycles. The zero-order chi connectivity index (χ0) is 14.2. The van der Waals surface area contributed by atoms with E-state index in [1.165, 1.54) is 32.1 Å². The van der Waals surface area contributed by atoms with Crippen LogP contribution < -0.4 is 0 Å². The number of nitrogens with zero attached hydrogens (tertiary/aromatic N) is 2. The topological polar surface area (TPSA) is 44.1 Å². The van der Waals surface area contributed by atoms with Crippen LogP contribution in [0.2, 0.25) is 0 Å². The summed E-state index contributed by atoms with van der Waals surface area (Å²) >= 11 is 0. The Morgan fingerprint density at radius 2 is 2.15 bits per heavy atom. The fourth-order valence-corrected chi connectivity index (χ4v) is 2.74. The van der Waals surface area contributed by atoms with Gasteiger partial charge in [0.05, 0.1) is 24.8 Å². The van der Waals surface area contributed by atoms with Crippen molar-refractivity contribution in [2.75, 3.05) is 13.2 Å². The summed E-state index contributed by atoms with van der Waals surface area (Å²) in [4.78, 5) is 11.8. The van der Waals surface area contributed by atoms with E-state index in [0.29, 0.717) is 25.5 Å². The largest absolute Gasteiger partial charge is 0.381 e. The highest BCUT2D eigenvalue weighted by molar-refractivity contribution is 5.80. The Hall–Kier alpha value is -1.16. The predicted molar refractivity (Wildman–Crippen MR) is 78.8 cm³/mol. The fourth-order valence-electron chi connectivity index (χ4n) is 2.74. The molecule has 1 aliphatic rings. The average molecular weight is 278 g/mol. The quantitative estimate of drug-likeness (QED) is 0.685. The van der Waals surface area contributed by atoms with Gasteiger partial charge in [-0.2, -0.15) is 5.10 Å². The second-order valence-electron chi connectivity index (χ2n) is 5.66. The summed E-state index contributed by atoms with van der Waals surface area (Å²) in [7, 11) is 0. The number of hydrogen-bond donors (Lipinski definition) is 0. The number of hydrogen-bond acceptors (Lipinski definition) is 3. The van der Waals surface area contributed by atoms with E-state index in [1.807, 2.05) is 12.3 Å². The van der Waals surface area contributed by atoms with Crippen LogP contribution in [0.15, 0.2) is 12.3 Å². The SMILES string of the molecule is CCCOCCC(=O)Cc1ccn(C2CCCCC2)n1. The normalized spacial score (nSPS) is 16.4. The third kappa shape index (κ3) is 4.75. The Bertz CT molecular complexity index is 408. The first kappa shape index (κ1) is 15.2. The Balaban J connectivity index is 1.75. The summed E-state index contributed by atoms with van der Waals surface area (Å²) < 4.78 is 7.41. The number of carbonyl (C=O) groups is 1. The van der Waals surface area contributed by atoms with E-state index in [9.17, 15) is 4.79 Å². The molecule has 1 saturated carbocycles. The molecule has 20 heavy (non-hydrogen) atoms. The van der Waals surface area contributed by atoms with Crippen LogP contribution in [-0.2, 0) is 16.0 Å². The highest BCUT2D eigenvalue weighted by atomic mass is 16.5. The Labute approximate surface area is 121 Å². The van der Waals surface area contributed by atoms with Crippen molar-refractivity contribution in [2.45, 2.75) is 64.3 Å². The number of rotatable bonds is 8. The van der Waals surface area contributed by atoms with Gasteiger partial charge in [-0.1, -0.05) is 26.2 Å². The first-order chi connectivity index (χ1) is 9.79. The fraction of sp³-hybridized carbons (Fsp3) is 0.750. The van der Waals surface area contributed by atoms with Crippen molar-refractivity contribution < 1.29 is 9.53 Å². The van der Waals surface area contributed by atoms with Crippen LogP contribution in [-0.4, -0.2) is 28.8 Å². The molecule has 0 amide bonds. The van der Waals surface area contributed by atoms with Gasteiger partial charge in [-0.15, -0.1) is 0 Å². The maximum atomic E-state index is 11.8. The van der Waals surface area contributed by atoms with Gasteiger partial charge in [0.15, 0.2) is 0 Å². The lowest BCUT2D eigenvalue weighted by atomic mass is 9.96. The van der Waals surface area contributed by atoms with Gasteiger partial charge in [-0.25, -0.2) is 0 Å². The Morgan fingerprint density at radius 3 is 2.90 bits per heavy atom. The van der Waals surface area contributed by atoms with Crippen LogP contribution in [0.5, 0.6) is 0 Å². The standard InChI is InChI=1S/C16H26N2O2/c1-2-11-20-12-9-16(19)13-14-8-10-18(17-14)15-6-4-3-5-7-15/h8,10,15H,2-7,9,11-13H2,1H3. The average Bonchev–Trinajstić information content (AvgIpc) is 2.93. The molecule has 0 radical (unpaired) electrons. The zero-order valence-electron chi connectivity index (χ0n) is 12.5. The monoisotopic (exact) mass is 278 g/mol. The van der Waals surface area contributed by atoms with E-state index in [0.717, 1.165) is 18.7 Å². The van der Waals surface area contributed by atoms with Gasteiger partial charge in [0.2, 0.25) is 0 Å². The first-order valence-electron chi connectivity index (χ1n) is 7.93. The number of Topliss-reactive ketones (excluding diaryl/α,β-unsaturated/α-hetero) is 1. The summed E-state index contributed by atoms with van der Waals surface area (Å²) in [6.45, 7) is 3.35. The van der Waals surface area contributed by atoms with Crippen LogP contribution in [0.1, 0.15) is 63.6 Å². The van der Waals surface area contributed by atoms with Gasteiger partial charge < -0.3 is 4.74 Å². The van der Waals surface area contributed by atoms with Crippen molar-refractivity contribution in [3.8, 4) is 0 Å². The molecule has 0 N–H and O–H groups in total. The van der Waals surface area contributed by atoms with Gasteiger partial charge in [-0.3, -0.25) is 9.48 Å². The molecule has 1 aromatic heterocycles. The van der Waals surface area contributed by atoms with E-state index < -0.39 is 0 Å². The maximum Gasteiger partial charge on any atom is 0.141 e. The molecule has 0 saturated heterocycles. The number of ether oxygens (including phenoxy) is 1. The molecule has 0 unspecified atom stereocenters. The van der Waals surface area contributed by atoms with Crippen LogP contribution in [0.3, 0.4) is 0 Å². The van der Waals surface area contributed by atoms with E-state index in [2.05, 4.69) is 16.7 Å². The molecule has 0 aliphatic heterocycles. The van der Waals surface area contributed by atoms with Crippen molar-refractivity contribution >= 4 is 5.78 Å². The highest BCUT2D eigenvalue weighted by Crippen LogP contribution is 2.27. The van der Waals surface area contributed by atoms with Crippen LogP contribution in [0.25, 0.3) is 0 Å². The predicted octanol–water partition coefficient (Wildman–Crippen LogP) is 3.32. The minimum Gasteiger partial charge on any atom is -0.381 e. The summed E-state index contributed by atoms with van der Waals surface area (Å²) in [5.41, 5.74) is 0.899. The molecule has 1 fully saturated rings. The minimum absolute atomic E-state index is 0.218. The lowest BCUT2D eigenvalue weighted by Gasteiger charge is -2.21. The Kier molecular flexibility index (Phi) is 6.25. The molecule has 1 heterocycles. The summed E-state index contributed by atoms with van der Waals surface area (Å²) in [5, 5.41) is 4.57. The van der Waals surface area contributed by atoms with E-state index in [-0.39, 0.29) is 5.78 Å². The van der Waals surface area contributed by atoms with Gasteiger partial charge in [0, 0.05) is 19.2 Å². The molecular formula is C16H26N2O2. The van der Waals surface area contributed by atoms with Gasteiger partial charge in [-0.05, 0) is 25.3 Å². The van der Waals surface area contributed by atoms with E-state index in [4.69, 9.17) is 4.74 Å². The Morgan fingerprint density at radius 1 is 1.35 bits per heavy atom.